The minimum Gasteiger partial charge on any atom is -0.508 e. The van der Waals surface area contributed by atoms with E-state index in [2.05, 4.69) is 0 Å². The third-order valence-electron chi connectivity index (χ3n) is 5.75. The fourth-order valence-corrected chi connectivity index (χ4v) is 4.33. The maximum atomic E-state index is 13.4. The fourth-order valence-electron chi connectivity index (χ4n) is 4.33. The summed E-state index contributed by atoms with van der Waals surface area (Å²) in [7, 11) is 0. The smallest absolute Gasteiger partial charge is 0.291 e. The largest absolute Gasteiger partial charge is 0.508 e. The van der Waals surface area contributed by atoms with Crippen molar-refractivity contribution in [3.63, 3.8) is 0 Å². The first kappa shape index (κ1) is 17.9. The summed E-state index contributed by atoms with van der Waals surface area (Å²) in [6.07, 6.45) is 1.79. The Balaban J connectivity index is 1.71. The van der Waals surface area contributed by atoms with Crippen LogP contribution in [0.3, 0.4) is 0 Å². The topological polar surface area (TPSA) is 80.0 Å². The van der Waals surface area contributed by atoms with Crippen molar-refractivity contribution in [1.82, 2.24) is 4.90 Å². The molecule has 148 valence electrons. The summed E-state index contributed by atoms with van der Waals surface area (Å²) in [6, 6.07) is 11.4. The lowest BCUT2D eigenvalue weighted by Crippen LogP contribution is -2.36. The number of aryl methyl sites for hydroxylation is 1. The van der Waals surface area contributed by atoms with Crippen molar-refractivity contribution in [3.05, 3.63) is 75.1 Å². The van der Waals surface area contributed by atoms with Gasteiger partial charge in [0.1, 0.15) is 11.3 Å². The Morgan fingerprint density at radius 1 is 1.14 bits per heavy atom. The molecule has 0 spiro atoms. The molecule has 5 rings (SSSR count). The van der Waals surface area contributed by atoms with E-state index in [9.17, 15) is 14.7 Å². The van der Waals surface area contributed by atoms with Gasteiger partial charge in [-0.05, 0) is 49.6 Å². The van der Waals surface area contributed by atoms with Gasteiger partial charge in [0.2, 0.25) is 5.76 Å². The Morgan fingerprint density at radius 3 is 2.66 bits per heavy atom. The van der Waals surface area contributed by atoms with Crippen LogP contribution in [0.15, 0.2) is 51.7 Å². The predicted molar refractivity (Wildman–Crippen MR) is 107 cm³/mol. The molecule has 1 fully saturated rings. The monoisotopic (exact) mass is 391 g/mol. The van der Waals surface area contributed by atoms with Crippen LogP contribution in [-0.4, -0.2) is 35.2 Å². The number of phenols is 1. The van der Waals surface area contributed by atoms with E-state index in [-0.39, 0.29) is 28.9 Å². The second kappa shape index (κ2) is 6.74. The third kappa shape index (κ3) is 2.91. The second-order valence-corrected chi connectivity index (χ2v) is 7.76. The van der Waals surface area contributed by atoms with Crippen molar-refractivity contribution < 1.29 is 19.1 Å². The first-order valence-corrected chi connectivity index (χ1v) is 9.82. The van der Waals surface area contributed by atoms with Crippen LogP contribution in [0.5, 0.6) is 5.75 Å². The number of rotatable bonds is 3. The molecule has 2 aromatic carbocycles. The highest BCUT2D eigenvalue weighted by Gasteiger charge is 2.43. The molecule has 0 radical (unpaired) electrons. The van der Waals surface area contributed by atoms with Crippen LogP contribution < -0.4 is 5.43 Å². The minimum absolute atomic E-state index is 0.0559. The summed E-state index contributed by atoms with van der Waals surface area (Å²) in [5.41, 5.74) is 2.29. The normalized spacial score (nSPS) is 21.1. The second-order valence-electron chi connectivity index (χ2n) is 7.76. The molecule has 1 saturated heterocycles. The van der Waals surface area contributed by atoms with E-state index in [1.807, 2.05) is 13.0 Å². The summed E-state index contributed by atoms with van der Waals surface area (Å²) >= 11 is 0. The van der Waals surface area contributed by atoms with E-state index in [1.54, 1.807) is 41.3 Å². The lowest BCUT2D eigenvalue weighted by Gasteiger charge is -2.27. The maximum Gasteiger partial charge on any atom is 0.291 e. The van der Waals surface area contributed by atoms with Gasteiger partial charge in [0.15, 0.2) is 5.43 Å². The SMILES string of the molecule is Cc1ccc2oc3c(c(=O)c2c1)[C@@H](c1ccc(O)cc1)N(C[C@H]1CCCO1)C3=O. The summed E-state index contributed by atoms with van der Waals surface area (Å²) in [4.78, 5) is 28.4. The van der Waals surface area contributed by atoms with Crippen LogP contribution in [0.1, 0.15) is 46.1 Å². The number of aromatic hydroxyl groups is 1. The highest BCUT2D eigenvalue weighted by Crippen LogP contribution is 2.39. The highest BCUT2D eigenvalue weighted by atomic mass is 16.5. The predicted octanol–water partition coefficient (Wildman–Crippen LogP) is 3.53. The van der Waals surface area contributed by atoms with Gasteiger partial charge in [-0.25, -0.2) is 0 Å². The number of fused-ring (bicyclic) bond motifs is 2. The zero-order chi connectivity index (χ0) is 20.1. The van der Waals surface area contributed by atoms with E-state index < -0.39 is 6.04 Å². The molecule has 2 atom stereocenters. The fraction of sp³-hybridized carbons (Fsp3) is 0.304. The Bertz CT molecular complexity index is 1160. The highest BCUT2D eigenvalue weighted by molar-refractivity contribution is 5.99. The third-order valence-corrected chi connectivity index (χ3v) is 5.75. The van der Waals surface area contributed by atoms with Crippen molar-refractivity contribution in [2.45, 2.75) is 31.9 Å². The number of nitrogens with zero attached hydrogens (tertiary/aromatic N) is 1. The van der Waals surface area contributed by atoms with Gasteiger partial charge in [-0.15, -0.1) is 0 Å². The van der Waals surface area contributed by atoms with E-state index >= 15 is 0 Å². The Kier molecular flexibility index (Phi) is 4.17. The maximum absolute atomic E-state index is 13.4. The Hall–Kier alpha value is -3.12. The average molecular weight is 391 g/mol. The van der Waals surface area contributed by atoms with E-state index in [4.69, 9.17) is 9.15 Å². The lowest BCUT2D eigenvalue weighted by atomic mass is 9.98. The van der Waals surface area contributed by atoms with E-state index in [0.29, 0.717) is 29.7 Å². The van der Waals surface area contributed by atoms with Crippen LogP contribution in [0.25, 0.3) is 11.0 Å². The summed E-state index contributed by atoms with van der Waals surface area (Å²) in [6.45, 7) is 2.99. The summed E-state index contributed by atoms with van der Waals surface area (Å²) in [5, 5.41) is 10.2. The van der Waals surface area contributed by atoms with Gasteiger partial charge >= 0.3 is 0 Å². The molecule has 2 aliphatic rings. The van der Waals surface area contributed by atoms with Gasteiger partial charge in [-0.3, -0.25) is 9.59 Å². The molecule has 0 saturated carbocycles. The number of carbonyl (C=O) groups is 1. The minimum atomic E-state index is -0.566. The quantitative estimate of drug-likeness (QED) is 0.739. The van der Waals surface area contributed by atoms with Gasteiger partial charge < -0.3 is 19.2 Å². The van der Waals surface area contributed by atoms with Crippen molar-refractivity contribution in [2.24, 2.45) is 0 Å². The van der Waals surface area contributed by atoms with Crippen LogP contribution in [-0.2, 0) is 4.74 Å². The zero-order valence-corrected chi connectivity index (χ0v) is 16.1. The summed E-state index contributed by atoms with van der Waals surface area (Å²) < 4.78 is 11.7. The number of amides is 1. The van der Waals surface area contributed by atoms with Gasteiger partial charge in [0.05, 0.1) is 23.1 Å². The molecule has 0 aliphatic carbocycles. The van der Waals surface area contributed by atoms with Crippen molar-refractivity contribution in [3.8, 4) is 5.75 Å². The van der Waals surface area contributed by atoms with Crippen molar-refractivity contribution in [2.75, 3.05) is 13.2 Å². The number of phenolic OH excluding ortho intramolecular Hbond substituents is 1. The number of benzene rings is 2. The summed E-state index contributed by atoms with van der Waals surface area (Å²) in [5.74, 6) is -0.0688. The molecule has 6 nitrogen and oxygen atoms in total. The molecular formula is C23H21NO5. The van der Waals surface area contributed by atoms with Crippen LogP contribution in [0.4, 0.5) is 0 Å². The molecule has 1 aromatic heterocycles. The van der Waals surface area contributed by atoms with Crippen LogP contribution >= 0.6 is 0 Å². The average Bonchev–Trinajstić information content (AvgIpc) is 3.32. The Morgan fingerprint density at radius 2 is 1.93 bits per heavy atom. The van der Waals surface area contributed by atoms with Gasteiger partial charge in [-0.1, -0.05) is 23.8 Å². The molecule has 6 heteroatoms. The number of carbonyl (C=O) groups excluding carboxylic acids is 1. The van der Waals surface area contributed by atoms with Crippen molar-refractivity contribution in [1.29, 1.82) is 0 Å². The molecule has 0 unspecified atom stereocenters. The van der Waals surface area contributed by atoms with Gasteiger partial charge in [0.25, 0.3) is 5.91 Å². The van der Waals surface area contributed by atoms with Crippen LogP contribution in [0.2, 0.25) is 0 Å². The van der Waals surface area contributed by atoms with Crippen molar-refractivity contribution >= 4 is 16.9 Å². The molecule has 29 heavy (non-hydrogen) atoms. The van der Waals surface area contributed by atoms with E-state index in [1.165, 1.54) is 0 Å². The molecule has 2 aliphatic heterocycles. The molecule has 1 amide bonds. The molecule has 1 N–H and O–H groups in total. The molecule has 3 aromatic rings. The standard InChI is InChI=1S/C23H21NO5/c1-13-4-9-18-17(11-13)21(26)19-20(14-5-7-15(25)8-6-14)24(23(27)22(19)29-18)12-16-3-2-10-28-16/h4-9,11,16,20,25H,2-3,10,12H2,1H3/t16-,20-/m1/s1. The number of hydrogen-bond donors (Lipinski definition) is 1. The van der Waals surface area contributed by atoms with Gasteiger partial charge in [-0.2, -0.15) is 0 Å². The molecule has 3 heterocycles. The number of hydrogen-bond acceptors (Lipinski definition) is 5. The van der Waals surface area contributed by atoms with E-state index in [0.717, 1.165) is 24.0 Å². The molecular weight excluding hydrogens is 370 g/mol. The zero-order valence-electron chi connectivity index (χ0n) is 16.1. The lowest BCUT2D eigenvalue weighted by molar-refractivity contribution is 0.0486. The molecule has 0 bridgehead atoms. The number of ether oxygens (including phenoxy) is 1. The Labute approximate surface area is 167 Å². The van der Waals surface area contributed by atoms with Crippen LogP contribution in [0, 0.1) is 6.92 Å². The first-order valence-electron chi connectivity index (χ1n) is 9.82. The van der Waals surface area contributed by atoms with Gasteiger partial charge in [0, 0.05) is 13.2 Å². The first-order chi connectivity index (χ1) is 14.0.